The van der Waals surface area contributed by atoms with Crippen molar-refractivity contribution in [3.63, 3.8) is 0 Å². The van der Waals surface area contributed by atoms with Crippen LogP contribution in [0.5, 0.6) is 0 Å². The smallest absolute Gasteiger partial charge is 0.134 e. The third kappa shape index (κ3) is 3.58. The molecule has 0 aliphatic rings. The minimum atomic E-state index is 0.500. The van der Waals surface area contributed by atoms with Gasteiger partial charge in [-0.3, -0.25) is 4.98 Å². The van der Waals surface area contributed by atoms with Gasteiger partial charge in [0.05, 0.1) is 11.3 Å². The van der Waals surface area contributed by atoms with Gasteiger partial charge in [0.2, 0.25) is 0 Å². The first-order valence-electron chi connectivity index (χ1n) is 7.75. The zero-order valence-corrected chi connectivity index (χ0v) is 14.4. The molecule has 0 spiro atoms. The Morgan fingerprint density at radius 3 is 2.46 bits per heavy atom. The zero-order valence-electron chi connectivity index (χ0n) is 13.6. The lowest BCUT2D eigenvalue weighted by molar-refractivity contribution is 0.866. The van der Waals surface area contributed by atoms with E-state index in [1.165, 1.54) is 16.9 Å². The van der Waals surface area contributed by atoms with Gasteiger partial charge in [-0.25, -0.2) is 4.98 Å². The number of pyridine rings is 1. The van der Waals surface area contributed by atoms with E-state index < -0.39 is 0 Å². The van der Waals surface area contributed by atoms with Crippen LogP contribution in [0.1, 0.15) is 35.9 Å². The summed E-state index contributed by atoms with van der Waals surface area (Å²) in [4.78, 5) is 8.61. The van der Waals surface area contributed by atoms with Crippen molar-refractivity contribution in [3.8, 4) is 17.3 Å². The number of allylic oxidation sites excluding steroid dienone is 1. The van der Waals surface area contributed by atoms with E-state index in [0.717, 1.165) is 21.8 Å². The van der Waals surface area contributed by atoms with Crippen LogP contribution in [0, 0.1) is 11.3 Å². The first-order chi connectivity index (χ1) is 11.7. The molecule has 3 aromatic rings. The van der Waals surface area contributed by atoms with Crippen LogP contribution < -0.4 is 0 Å². The minimum absolute atomic E-state index is 0.500. The Hall–Kier alpha value is -2.77. The van der Waals surface area contributed by atoms with Crippen molar-refractivity contribution >= 4 is 23.0 Å². The van der Waals surface area contributed by atoms with Gasteiger partial charge in [-0.15, -0.1) is 11.3 Å². The van der Waals surface area contributed by atoms with Gasteiger partial charge < -0.3 is 0 Å². The maximum Gasteiger partial charge on any atom is 0.134 e. The van der Waals surface area contributed by atoms with Gasteiger partial charge in [0.25, 0.3) is 0 Å². The normalized spacial score (nSPS) is 11.5. The van der Waals surface area contributed by atoms with Crippen LogP contribution in [-0.2, 0) is 0 Å². The highest BCUT2D eigenvalue weighted by Crippen LogP contribution is 2.27. The lowest BCUT2D eigenvalue weighted by atomic mass is 10.0. The Morgan fingerprint density at radius 1 is 1.12 bits per heavy atom. The van der Waals surface area contributed by atoms with Crippen molar-refractivity contribution in [1.82, 2.24) is 9.97 Å². The molecule has 3 nitrogen and oxygen atoms in total. The number of aromatic nitrogens is 2. The second-order valence-corrected chi connectivity index (χ2v) is 6.62. The maximum atomic E-state index is 9.50. The highest BCUT2D eigenvalue weighted by Gasteiger charge is 2.09. The summed E-state index contributed by atoms with van der Waals surface area (Å²) in [6.07, 6.45) is 5.37. The van der Waals surface area contributed by atoms with Gasteiger partial charge in [0.1, 0.15) is 11.1 Å². The van der Waals surface area contributed by atoms with Gasteiger partial charge in [0, 0.05) is 23.3 Å². The summed E-state index contributed by atoms with van der Waals surface area (Å²) in [5, 5.41) is 12.2. The number of nitriles is 1. The molecule has 0 radical (unpaired) electrons. The summed E-state index contributed by atoms with van der Waals surface area (Å²) in [6.45, 7) is 4.34. The maximum absolute atomic E-state index is 9.50. The number of hydrogen-bond acceptors (Lipinski definition) is 4. The quantitative estimate of drug-likeness (QED) is 0.602. The van der Waals surface area contributed by atoms with E-state index >= 15 is 0 Å². The topological polar surface area (TPSA) is 49.6 Å². The number of rotatable bonds is 4. The molecule has 1 aromatic carbocycles. The van der Waals surface area contributed by atoms with E-state index in [0.29, 0.717) is 11.5 Å². The summed E-state index contributed by atoms with van der Waals surface area (Å²) in [7, 11) is 0. The summed E-state index contributed by atoms with van der Waals surface area (Å²) >= 11 is 1.48. The Labute approximate surface area is 146 Å². The molecule has 0 saturated heterocycles. The molecule has 0 atom stereocenters. The molecule has 0 fully saturated rings. The average Bonchev–Trinajstić information content (AvgIpc) is 3.11. The predicted octanol–water partition coefficient (Wildman–Crippen LogP) is 5.39. The second-order valence-electron chi connectivity index (χ2n) is 5.76. The monoisotopic (exact) mass is 331 g/mol. The number of hydrogen-bond donors (Lipinski definition) is 0. The molecule has 0 amide bonds. The molecule has 118 valence electrons. The van der Waals surface area contributed by atoms with Crippen molar-refractivity contribution in [2.24, 2.45) is 0 Å². The van der Waals surface area contributed by atoms with Crippen molar-refractivity contribution in [1.29, 1.82) is 5.26 Å². The minimum Gasteiger partial charge on any atom is -0.265 e. The lowest BCUT2D eigenvalue weighted by Gasteiger charge is -2.04. The molecule has 2 heterocycles. The highest BCUT2D eigenvalue weighted by molar-refractivity contribution is 7.11. The predicted molar refractivity (Wildman–Crippen MR) is 99.4 cm³/mol. The fourth-order valence-corrected chi connectivity index (χ4v) is 3.13. The van der Waals surface area contributed by atoms with E-state index in [1.807, 2.05) is 35.7 Å². The van der Waals surface area contributed by atoms with E-state index in [2.05, 4.69) is 42.0 Å². The van der Waals surface area contributed by atoms with Gasteiger partial charge in [-0.05, 0) is 35.3 Å². The second kappa shape index (κ2) is 7.20. The Kier molecular flexibility index (Phi) is 4.83. The van der Waals surface area contributed by atoms with Gasteiger partial charge in [-0.2, -0.15) is 5.26 Å². The molecule has 2 aromatic heterocycles. The van der Waals surface area contributed by atoms with Crippen LogP contribution in [0.3, 0.4) is 0 Å². The fourth-order valence-electron chi connectivity index (χ4n) is 2.34. The lowest BCUT2D eigenvalue weighted by Crippen LogP contribution is -1.87. The van der Waals surface area contributed by atoms with Crippen LogP contribution in [0.4, 0.5) is 0 Å². The molecule has 0 N–H and O–H groups in total. The molecular weight excluding hydrogens is 314 g/mol. The van der Waals surface area contributed by atoms with E-state index in [4.69, 9.17) is 0 Å². The highest BCUT2D eigenvalue weighted by atomic mass is 32.1. The van der Waals surface area contributed by atoms with Crippen LogP contribution in [0.25, 0.3) is 22.9 Å². The molecule has 3 rings (SSSR count). The molecule has 0 aliphatic heterocycles. The van der Waals surface area contributed by atoms with Gasteiger partial charge in [0.15, 0.2) is 0 Å². The molecule has 0 unspecified atom stereocenters. The van der Waals surface area contributed by atoms with Crippen molar-refractivity contribution in [3.05, 3.63) is 70.3 Å². The summed E-state index contributed by atoms with van der Waals surface area (Å²) in [5.41, 5.74) is 4.76. The zero-order chi connectivity index (χ0) is 16.9. The van der Waals surface area contributed by atoms with E-state index in [9.17, 15) is 5.26 Å². The summed E-state index contributed by atoms with van der Waals surface area (Å²) in [6, 6.07) is 14.4. The Bertz CT molecular complexity index is 885. The first-order valence-corrected chi connectivity index (χ1v) is 8.63. The first kappa shape index (κ1) is 16.1. The Balaban J connectivity index is 1.89. The van der Waals surface area contributed by atoms with Crippen molar-refractivity contribution in [2.45, 2.75) is 19.8 Å². The van der Waals surface area contributed by atoms with E-state index in [-0.39, 0.29) is 0 Å². The molecular formula is C20H17N3S. The Morgan fingerprint density at radius 2 is 1.83 bits per heavy atom. The summed E-state index contributed by atoms with van der Waals surface area (Å²) in [5.74, 6) is 0.500. The van der Waals surface area contributed by atoms with Crippen LogP contribution >= 0.6 is 11.3 Å². The van der Waals surface area contributed by atoms with Crippen LogP contribution in [0.15, 0.2) is 54.2 Å². The third-order valence-electron chi connectivity index (χ3n) is 3.75. The number of thiazole rings is 1. The number of nitrogens with zero attached hydrogens (tertiary/aromatic N) is 3. The van der Waals surface area contributed by atoms with Gasteiger partial charge in [-0.1, -0.05) is 38.1 Å². The molecule has 0 aliphatic carbocycles. The van der Waals surface area contributed by atoms with Gasteiger partial charge >= 0.3 is 0 Å². The number of benzene rings is 1. The average molecular weight is 331 g/mol. The molecule has 0 bridgehead atoms. The standard InChI is InChI=1S/C20H17N3S/c1-14(2)16-5-3-15(4-6-16)11-18(12-21)20-23-19(13-24-20)17-7-9-22-10-8-17/h3-11,13-14H,1-2H3/b18-11-. The van der Waals surface area contributed by atoms with Crippen LogP contribution in [0.2, 0.25) is 0 Å². The molecule has 24 heavy (non-hydrogen) atoms. The fraction of sp³-hybridized carbons (Fsp3) is 0.150. The largest absolute Gasteiger partial charge is 0.265 e. The van der Waals surface area contributed by atoms with Crippen molar-refractivity contribution in [2.75, 3.05) is 0 Å². The summed E-state index contributed by atoms with van der Waals surface area (Å²) < 4.78 is 0. The molecule has 0 saturated carbocycles. The van der Waals surface area contributed by atoms with Crippen molar-refractivity contribution < 1.29 is 0 Å². The molecule has 4 heteroatoms. The third-order valence-corrected chi connectivity index (χ3v) is 4.62. The SMILES string of the molecule is CC(C)c1ccc(/C=C(/C#N)c2nc(-c3ccncc3)cs2)cc1. The van der Waals surface area contributed by atoms with Crippen LogP contribution in [-0.4, -0.2) is 9.97 Å². The van der Waals surface area contributed by atoms with E-state index in [1.54, 1.807) is 12.4 Å².